The van der Waals surface area contributed by atoms with E-state index in [-0.39, 0.29) is 0 Å². The molecule has 0 amide bonds. The third-order valence-corrected chi connectivity index (χ3v) is 5.05. The number of rotatable bonds is 7. The lowest BCUT2D eigenvalue weighted by Gasteiger charge is -2.26. The molecule has 2 N–H and O–H groups in total. The maximum absolute atomic E-state index is 4.74. The number of nitrogens with zero attached hydrogens (tertiary/aromatic N) is 3. The van der Waals surface area contributed by atoms with Crippen molar-refractivity contribution in [3.63, 3.8) is 0 Å². The predicted octanol–water partition coefficient (Wildman–Crippen LogP) is 2.60. The maximum atomic E-state index is 4.74. The second-order valence-electron chi connectivity index (χ2n) is 7.07. The molecule has 26 heavy (non-hydrogen) atoms. The molecule has 1 aromatic carbocycles. The van der Waals surface area contributed by atoms with Gasteiger partial charge in [-0.15, -0.1) is 0 Å². The van der Waals surface area contributed by atoms with E-state index in [2.05, 4.69) is 63.8 Å². The lowest BCUT2D eigenvalue weighted by molar-refractivity contribution is 0.232. The second kappa shape index (κ2) is 10.2. The summed E-state index contributed by atoms with van der Waals surface area (Å²) in [7, 11) is 0. The van der Waals surface area contributed by atoms with Gasteiger partial charge in [-0.3, -0.25) is 0 Å². The van der Waals surface area contributed by atoms with Gasteiger partial charge >= 0.3 is 0 Å². The van der Waals surface area contributed by atoms with Crippen molar-refractivity contribution in [3.05, 3.63) is 42.0 Å². The van der Waals surface area contributed by atoms with E-state index in [0.717, 1.165) is 38.7 Å². The van der Waals surface area contributed by atoms with Gasteiger partial charge in [0.2, 0.25) is 0 Å². The fourth-order valence-electron chi connectivity index (χ4n) is 3.53. The largest absolute Gasteiger partial charge is 0.364 e. The molecular formula is C21H33N5. The van der Waals surface area contributed by atoms with Crippen molar-refractivity contribution >= 4 is 11.6 Å². The van der Waals surface area contributed by atoms with Crippen LogP contribution in [0, 0.1) is 0 Å². The zero-order chi connectivity index (χ0) is 18.0. The average Bonchev–Trinajstić information content (AvgIpc) is 3.22. The molecular weight excluding hydrogens is 322 g/mol. The van der Waals surface area contributed by atoms with Crippen molar-refractivity contribution in [2.75, 3.05) is 50.7 Å². The van der Waals surface area contributed by atoms with Crippen molar-refractivity contribution in [2.45, 2.75) is 32.7 Å². The number of hydrogen-bond donors (Lipinski definition) is 2. The number of aliphatic imine (C=N–C) groups is 1. The van der Waals surface area contributed by atoms with Gasteiger partial charge in [0, 0.05) is 38.4 Å². The Morgan fingerprint density at radius 1 is 1.00 bits per heavy atom. The van der Waals surface area contributed by atoms with Crippen LogP contribution in [0.1, 0.15) is 31.7 Å². The fourth-order valence-corrected chi connectivity index (χ4v) is 3.53. The first-order valence-corrected chi connectivity index (χ1v) is 10.1. The molecule has 0 bridgehead atoms. The number of hydrogen-bond acceptors (Lipinski definition) is 3. The monoisotopic (exact) mass is 355 g/mol. The van der Waals surface area contributed by atoms with E-state index in [1.165, 1.54) is 43.6 Å². The van der Waals surface area contributed by atoms with Crippen LogP contribution in [0.25, 0.3) is 0 Å². The van der Waals surface area contributed by atoms with Gasteiger partial charge in [-0.2, -0.15) is 0 Å². The van der Waals surface area contributed by atoms with E-state index >= 15 is 0 Å². The molecule has 0 radical (unpaired) electrons. The molecule has 5 nitrogen and oxygen atoms in total. The van der Waals surface area contributed by atoms with E-state index < -0.39 is 0 Å². The van der Waals surface area contributed by atoms with Gasteiger partial charge in [-0.05, 0) is 50.6 Å². The standard InChI is InChI=1S/C21H33N5/c1-2-22-21(23-12-17-25-13-4-3-5-14-25)24-18-19-8-10-20(11-9-19)26-15-6-7-16-26/h6-11H,2-5,12-18H2,1H3,(H2,22,23,24). The van der Waals surface area contributed by atoms with Gasteiger partial charge < -0.3 is 20.4 Å². The molecule has 3 rings (SSSR count). The van der Waals surface area contributed by atoms with E-state index in [4.69, 9.17) is 4.99 Å². The van der Waals surface area contributed by atoms with Crippen molar-refractivity contribution in [1.82, 2.24) is 15.5 Å². The van der Waals surface area contributed by atoms with Crippen molar-refractivity contribution in [3.8, 4) is 0 Å². The summed E-state index contributed by atoms with van der Waals surface area (Å²) < 4.78 is 0. The molecule has 0 saturated carbocycles. The quantitative estimate of drug-likeness (QED) is 0.448. The SMILES string of the molecule is CCNC(=NCc1ccc(N2CC=CC2)cc1)NCCN1CCCCC1. The summed E-state index contributed by atoms with van der Waals surface area (Å²) in [5.74, 6) is 0.914. The zero-order valence-corrected chi connectivity index (χ0v) is 16.1. The Morgan fingerprint density at radius 2 is 1.73 bits per heavy atom. The molecule has 2 aliphatic heterocycles. The number of piperidine rings is 1. The van der Waals surface area contributed by atoms with Gasteiger partial charge in [-0.25, -0.2) is 4.99 Å². The first-order valence-electron chi connectivity index (χ1n) is 10.1. The van der Waals surface area contributed by atoms with E-state index in [9.17, 15) is 0 Å². The van der Waals surface area contributed by atoms with Gasteiger partial charge in [0.25, 0.3) is 0 Å². The van der Waals surface area contributed by atoms with Crippen molar-refractivity contribution in [2.24, 2.45) is 4.99 Å². The van der Waals surface area contributed by atoms with Crippen LogP contribution in [0.3, 0.4) is 0 Å². The first-order chi connectivity index (χ1) is 12.8. The molecule has 1 fully saturated rings. The van der Waals surface area contributed by atoms with Gasteiger partial charge in [0.1, 0.15) is 0 Å². The van der Waals surface area contributed by atoms with Crippen LogP contribution in [0.15, 0.2) is 41.4 Å². The Balaban J connectivity index is 1.46. The summed E-state index contributed by atoms with van der Waals surface area (Å²) >= 11 is 0. The second-order valence-corrected chi connectivity index (χ2v) is 7.07. The summed E-state index contributed by atoms with van der Waals surface area (Å²) in [6.45, 7) is 10.3. The summed E-state index contributed by atoms with van der Waals surface area (Å²) in [5.41, 5.74) is 2.53. The molecule has 0 spiro atoms. The third-order valence-electron chi connectivity index (χ3n) is 5.05. The molecule has 2 heterocycles. The topological polar surface area (TPSA) is 42.9 Å². The van der Waals surface area contributed by atoms with Crippen LogP contribution in [-0.2, 0) is 6.54 Å². The Kier molecular flexibility index (Phi) is 7.37. The molecule has 0 unspecified atom stereocenters. The predicted molar refractivity (Wildman–Crippen MR) is 111 cm³/mol. The molecule has 1 aromatic rings. The molecule has 0 aromatic heterocycles. The van der Waals surface area contributed by atoms with Crippen LogP contribution in [0.2, 0.25) is 0 Å². The van der Waals surface area contributed by atoms with Crippen LogP contribution in [0.5, 0.6) is 0 Å². The Hall–Kier alpha value is -2.01. The van der Waals surface area contributed by atoms with Gasteiger partial charge in [-0.1, -0.05) is 30.7 Å². The van der Waals surface area contributed by atoms with Gasteiger partial charge in [0.15, 0.2) is 5.96 Å². The number of nitrogens with one attached hydrogen (secondary N) is 2. The summed E-state index contributed by atoms with van der Waals surface area (Å²) in [4.78, 5) is 9.65. The molecule has 2 aliphatic rings. The first kappa shape index (κ1) is 18.8. The molecule has 0 aliphatic carbocycles. The number of guanidine groups is 1. The molecule has 5 heteroatoms. The van der Waals surface area contributed by atoms with Gasteiger partial charge in [0.05, 0.1) is 6.54 Å². The highest BCUT2D eigenvalue weighted by Crippen LogP contribution is 2.17. The van der Waals surface area contributed by atoms with Crippen LogP contribution in [-0.4, -0.2) is 56.7 Å². The van der Waals surface area contributed by atoms with Crippen LogP contribution in [0.4, 0.5) is 5.69 Å². The van der Waals surface area contributed by atoms with Crippen LogP contribution >= 0.6 is 0 Å². The zero-order valence-electron chi connectivity index (χ0n) is 16.1. The molecule has 142 valence electrons. The minimum Gasteiger partial charge on any atom is -0.364 e. The van der Waals surface area contributed by atoms with E-state index in [1.54, 1.807) is 0 Å². The fraction of sp³-hybridized carbons (Fsp3) is 0.571. The Morgan fingerprint density at radius 3 is 2.42 bits per heavy atom. The highest BCUT2D eigenvalue weighted by Gasteiger charge is 2.09. The van der Waals surface area contributed by atoms with E-state index in [0.29, 0.717) is 6.54 Å². The lowest BCUT2D eigenvalue weighted by Crippen LogP contribution is -2.42. The Labute approximate surface area is 158 Å². The lowest BCUT2D eigenvalue weighted by atomic mass is 10.1. The average molecular weight is 356 g/mol. The summed E-state index contributed by atoms with van der Waals surface area (Å²) in [6.07, 6.45) is 8.52. The molecule has 0 atom stereocenters. The highest BCUT2D eigenvalue weighted by atomic mass is 15.2. The summed E-state index contributed by atoms with van der Waals surface area (Å²) in [6, 6.07) is 8.78. The molecule has 1 saturated heterocycles. The Bertz CT molecular complexity index is 579. The van der Waals surface area contributed by atoms with Crippen molar-refractivity contribution in [1.29, 1.82) is 0 Å². The normalized spacial score (nSPS) is 18.3. The minimum absolute atomic E-state index is 0.706. The highest BCUT2D eigenvalue weighted by molar-refractivity contribution is 5.79. The number of likely N-dealkylation sites (tertiary alicyclic amines) is 1. The van der Waals surface area contributed by atoms with Crippen LogP contribution < -0.4 is 15.5 Å². The number of anilines is 1. The maximum Gasteiger partial charge on any atom is 0.191 e. The van der Waals surface area contributed by atoms with E-state index in [1.807, 2.05) is 0 Å². The third kappa shape index (κ3) is 5.77. The van der Waals surface area contributed by atoms with Crippen molar-refractivity contribution < 1.29 is 0 Å². The smallest absolute Gasteiger partial charge is 0.191 e. The number of benzene rings is 1. The minimum atomic E-state index is 0.706. The summed E-state index contributed by atoms with van der Waals surface area (Å²) in [5, 5.41) is 6.83.